The number of rotatable bonds is 23. The third-order valence-electron chi connectivity index (χ3n) is 16.9. The predicted molar refractivity (Wildman–Crippen MR) is 577 cm³/mol. The fraction of sp³-hybridized carbons (Fsp3) is 0.620. The Hall–Kier alpha value is -5.08. The third-order valence-corrected chi connectivity index (χ3v) is 26.8. The van der Waals surface area contributed by atoms with Crippen molar-refractivity contribution >= 4 is 113 Å². The van der Waals surface area contributed by atoms with E-state index in [9.17, 15) is 0 Å². The SMILES string of the molecule is CC(C)(C)CS/C=C/c1cc(C(C)(C)C)ccn1.CC(C)(C)CS/C=C/c1cc(C(C)(C)C)ncn1.CC(C)(C)CS/C=C/c1cccc(C(C)(C)C)n1.CC(C)(C)CS/C=C/c1nccc(C(C)(C)C)n1.CC(C)(C)CS/C=C/c1ncccc1C(C)(C)C.CC(C)(C)CSCCc1cc(C(C)(C)C)ncn1.CC(C)(C)CSCCc1ccnc(C(C)(C)C)n1. The highest BCUT2D eigenvalue weighted by Gasteiger charge is 2.24. The summed E-state index contributed by atoms with van der Waals surface area (Å²) in [5, 5.41) is 10.7. The van der Waals surface area contributed by atoms with Gasteiger partial charge in [0.25, 0.3) is 0 Å². The minimum atomic E-state index is 0.0363. The molecule has 0 spiro atoms. The lowest BCUT2D eigenvalue weighted by Gasteiger charge is -2.20. The summed E-state index contributed by atoms with van der Waals surface area (Å²) in [7, 11) is 0. The molecule has 7 aromatic heterocycles. The van der Waals surface area contributed by atoms with Gasteiger partial charge in [0.05, 0.1) is 22.8 Å². The lowest BCUT2D eigenvalue weighted by Crippen LogP contribution is -2.17. The van der Waals surface area contributed by atoms with Gasteiger partial charge >= 0.3 is 0 Å². The van der Waals surface area contributed by atoms with E-state index in [2.05, 4.69) is 445 Å². The van der Waals surface area contributed by atoms with Crippen LogP contribution >= 0.6 is 82.3 Å². The summed E-state index contributed by atoms with van der Waals surface area (Å²) in [6.45, 7) is 93.4. The lowest BCUT2D eigenvalue weighted by atomic mass is 9.86. The molecule has 0 atom stereocenters. The number of thioether (sulfide) groups is 7. The minimum absolute atomic E-state index is 0.0363. The first-order valence-electron chi connectivity index (χ1n) is 45.1. The fourth-order valence-electron chi connectivity index (χ4n) is 9.91. The van der Waals surface area contributed by atoms with E-state index in [1.165, 1.54) is 22.6 Å². The quantitative estimate of drug-likeness (QED) is 0.0560. The Kier molecular flexibility index (Phi) is 51.1. The van der Waals surface area contributed by atoms with Crippen molar-refractivity contribution in [1.29, 1.82) is 0 Å². The zero-order chi connectivity index (χ0) is 96.7. The van der Waals surface area contributed by atoms with E-state index >= 15 is 0 Å². The first kappa shape index (κ1) is 119. The summed E-state index contributed by atoms with van der Waals surface area (Å²) >= 11 is 13.2. The molecular weight excluding hydrogens is 1680 g/mol. The van der Waals surface area contributed by atoms with Gasteiger partial charge in [0.15, 0.2) is 5.82 Å². The highest BCUT2D eigenvalue weighted by Crippen LogP contribution is 2.33. The molecule has 704 valence electrons. The second-order valence-corrected chi connectivity index (χ2v) is 54.8. The molecule has 0 aliphatic heterocycles. The van der Waals surface area contributed by atoms with E-state index in [1.807, 2.05) is 131 Å². The van der Waals surface area contributed by atoms with E-state index in [-0.39, 0.29) is 37.9 Å². The van der Waals surface area contributed by atoms with E-state index < -0.39 is 0 Å². The van der Waals surface area contributed by atoms with Crippen molar-refractivity contribution in [3.63, 3.8) is 0 Å². The number of hydrogen-bond acceptors (Lipinski definition) is 18. The van der Waals surface area contributed by atoms with Crippen LogP contribution in [0.1, 0.15) is 371 Å². The van der Waals surface area contributed by atoms with Crippen molar-refractivity contribution in [3.05, 3.63) is 211 Å². The maximum Gasteiger partial charge on any atom is 0.152 e. The number of aromatic nitrogens is 11. The smallest absolute Gasteiger partial charge is 0.152 e. The molecule has 11 nitrogen and oxygen atoms in total. The first-order chi connectivity index (χ1) is 57.3. The molecule has 7 rings (SSSR count). The maximum absolute atomic E-state index is 4.68. The standard InChI is InChI=1S/3C16H25NS.C15H24N2S.2C15H26N2S.C15H24N2S/c1-15(2,3)12-18-10-8-14-11-13(7-9-17-14)16(4,5)6;1-15(2,3)12-18-11-9-14-13(16(4,5)6)8-7-10-17-14;1-15(2,3)12-18-11-10-13-8-7-9-14(17-13)16(4,5)6;1-14(2,3)11-18-10-8-13-16-9-7-12(17-13)15(4,5)6;1-14(2,3)11-18-10-8-12-7-9-16-13(17-12)15(4,5)6;2*1-14(2,3)10-18-8-7-12-9-13(15(4,5)6)17-11-16-12/h3*7-11H,12H2,1-6H3;7-10H,11H2,1-6H3;7,9H,8,10-11H2,1-6H3;9,11H,7-8,10H2,1-6H3;7-9,11H,10H2,1-6H3/b10-8+;11-9+;11-10+;10-8+;;;8-7+. The average Bonchev–Trinajstić information content (AvgIpc) is 1.05. The molecule has 0 aromatic carbocycles. The molecule has 0 fully saturated rings. The van der Waals surface area contributed by atoms with Crippen molar-refractivity contribution in [1.82, 2.24) is 54.8 Å². The maximum atomic E-state index is 4.68. The average molecular weight is 1850 g/mol. The van der Waals surface area contributed by atoms with Crippen LogP contribution < -0.4 is 0 Å². The highest BCUT2D eigenvalue weighted by molar-refractivity contribution is 8.03. The zero-order valence-corrected chi connectivity index (χ0v) is 92.9. The molecule has 0 N–H and O–H groups in total. The monoisotopic (exact) mass is 1850 g/mol. The van der Waals surface area contributed by atoms with E-state index in [1.54, 1.807) is 12.7 Å². The molecule has 18 heteroatoms. The molecule has 0 saturated carbocycles. The lowest BCUT2D eigenvalue weighted by molar-refractivity contribution is 0.480. The normalized spacial score (nSPS) is 13.1. The molecule has 0 unspecified atom stereocenters. The topological polar surface area (TPSA) is 142 Å². The Labute approximate surface area is 803 Å². The third kappa shape index (κ3) is 61.5. The number of aryl methyl sites for hydroxylation is 2. The van der Waals surface area contributed by atoms with Gasteiger partial charge in [-0.25, -0.2) is 39.9 Å². The summed E-state index contributed by atoms with van der Waals surface area (Å²) in [5.41, 5.74) is 16.9. The predicted octanol–water partition coefficient (Wildman–Crippen LogP) is 32.6. The van der Waals surface area contributed by atoms with Crippen LogP contribution in [0.5, 0.6) is 0 Å². The molecule has 7 aromatic rings. The van der Waals surface area contributed by atoms with Gasteiger partial charge in [-0.1, -0.05) is 303 Å². The Bertz CT molecular complexity index is 3960. The van der Waals surface area contributed by atoms with Gasteiger partial charge in [0, 0.05) is 115 Å². The molecule has 7 heterocycles. The first-order valence-corrected chi connectivity index (χ1v) is 52.6. The van der Waals surface area contributed by atoms with Crippen LogP contribution in [0.25, 0.3) is 30.4 Å². The number of hydrogen-bond donors (Lipinski definition) is 0. The van der Waals surface area contributed by atoms with Gasteiger partial charge in [-0.05, 0) is 208 Å². The Morgan fingerprint density at radius 3 is 1.10 bits per heavy atom. The summed E-state index contributed by atoms with van der Waals surface area (Å²) in [6.07, 6.45) is 23.3. The van der Waals surface area contributed by atoms with Crippen LogP contribution in [0, 0.1) is 37.9 Å². The van der Waals surface area contributed by atoms with E-state index in [0.717, 1.165) is 122 Å². The van der Waals surface area contributed by atoms with Gasteiger partial charge < -0.3 is 0 Å². The van der Waals surface area contributed by atoms with E-state index in [4.69, 9.17) is 0 Å². The van der Waals surface area contributed by atoms with Crippen LogP contribution in [0.15, 0.2) is 131 Å². The highest BCUT2D eigenvalue weighted by atomic mass is 32.2. The molecule has 0 amide bonds. The van der Waals surface area contributed by atoms with Crippen LogP contribution in [0.4, 0.5) is 0 Å². The molecule has 0 aliphatic rings. The number of nitrogens with zero attached hydrogens (tertiary/aromatic N) is 11. The van der Waals surface area contributed by atoms with Gasteiger partial charge in [0.2, 0.25) is 0 Å². The van der Waals surface area contributed by atoms with Crippen molar-refractivity contribution < 1.29 is 0 Å². The minimum Gasteiger partial charge on any atom is -0.257 e. The Morgan fingerprint density at radius 1 is 0.262 bits per heavy atom. The van der Waals surface area contributed by atoms with Gasteiger partial charge in [-0.3, -0.25) is 15.0 Å². The summed E-state index contributed by atoms with van der Waals surface area (Å²) in [4.78, 5) is 48.7. The zero-order valence-electron chi connectivity index (χ0n) is 87.1. The molecule has 0 bridgehead atoms. The second kappa shape index (κ2) is 54.2. The second-order valence-electron chi connectivity index (χ2n) is 48.1. The summed E-state index contributed by atoms with van der Waals surface area (Å²) in [5.74, 6) is 12.0. The molecule has 0 radical (unpaired) electrons. The molecule has 0 saturated heterocycles. The van der Waals surface area contributed by atoms with Crippen molar-refractivity contribution in [2.24, 2.45) is 37.9 Å². The molecule has 0 aliphatic carbocycles. The van der Waals surface area contributed by atoms with Crippen molar-refractivity contribution in [2.75, 3.05) is 51.8 Å². The molecular formula is C108H175N11S7. The van der Waals surface area contributed by atoms with Gasteiger partial charge in [-0.15, -0.1) is 58.8 Å². The largest absolute Gasteiger partial charge is 0.257 e. The number of pyridine rings is 3. The summed E-state index contributed by atoms with van der Waals surface area (Å²) < 4.78 is 0. The molecule has 126 heavy (non-hydrogen) atoms. The van der Waals surface area contributed by atoms with Crippen LogP contribution in [-0.2, 0) is 50.7 Å². The van der Waals surface area contributed by atoms with Crippen molar-refractivity contribution in [3.8, 4) is 0 Å². The van der Waals surface area contributed by atoms with Crippen molar-refractivity contribution in [2.45, 2.75) is 342 Å². The Balaban J connectivity index is 0.000000735. The summed E-state index contributed by atoms with van der Waals surface area (Å²) in [6, 6.07) is 22.9. The van der Waals surface area contributed by atoms with Crippen LogP contribution in [0.2, 0.25) is 0 Å². The van der Waals surface area contributed by atoms with Gasteiger partial charge in [-0.2, -0.15) is 23.5 Å². The van der Waals surface area contributed by atoms with Crippen LogP contribution in [-0.4, -0.2) is 107 Å². The van der Waals surface area contributed by atoms with Gasteiger partial charge in [0.1, 0.15) is 18.5 Å². The Morgan fingerprint density at radius 2 is 0.659 bits per heavy atom. The van der Waals surface area contributed by atoms with Crippen LogP contribution in [0.3, 0.4) is 0 Å². The van der Waals surface area contributed by atoms with E-state index in [0.29, 0.717) is 37.9 Å². The fourth-order valence-corrected chi connectivity index (χ4v) is 16.3.